The summed E-state index contributed by atoms with van der Waals surface area (Å²) in [5, 5.41) is 0. The number of ether oxygens (including phenoxy) is 4. The zero-order valence-electron chi connectivity index (χ0n) is 13.2. The Hall–Kier alpha value is -1.44. The maximum Gasteiger partial charge on any atom is 0.322 e. The minimum atomic E-state index is -0.252. The first-order valence-electron chi connectivity index (χ1n) is 7.08. The molecule has 22 heavy (non-hydrogen) atoms. The lowest BCUT2D eigenvalue weighted by atomic mass is 10.2. The summed E-state index contributed by atoms with van der Waals surface area (Å²) in [6, 6.07) is 0. The number of hydrogen-bond acceptors (Lipinski definition) is 6. The Morgan fingerprint density at radius 1 is 1.05 bits per heavy atom. The second kappa shape index (κ2) is 14.5. The Morgan fingerprint density at radius 2 is 1.59 bits per heavy atom. The minimum Gasteiger partial charge on any atom is -0.377 e. The summed E-state index contributed by atoms with van der Waals surface area (Å²) in [6.07, 6.45) is 1.33. The van der Waals surface area contributed by atoms with Gasteiger partial charge in [-0.1, -0.05) is 0 Å². The highest BCUT2D eigenvalue weighted by Crippen LogP contribution is 2.04. The van der Waals surface area contributed by atoms with Gasteiger partial charge in [-0.15, -0.1) is 0 Å². The van der Waals surface area contributed by atoms with Crippen LogP contribution in [0.4, 0.5) is 0 Å². The molecular formula is C14H24N2O6. The molecule has 0 aromatic heterocycles. The van der Waals surface area contributed by atoms with Crippen LogP contribution in [0.3, 0.4) is 0 Å². The first kappa shape index (κ1) is 20.6. The maximum atomic E-state index is 10.6. The molecule has 0 aromatic carbocycles. The summed E-state index contributed by atoms with van der Waals surface area (Å²) in [7, 11) is 0. The number of carbonyl (C=O) groups excluding carboxylic acids is 2. The zero-order valence-corrected chi connectivity index (χ0v) is 13.2. The molecule has 0 spiro atoms. The van der Waals surface area contributed by atoms with Crippen molar-refractivity contribution in [1.82, 2.24) is 0 Å². The number of Topliss-reactive ketones (excluding diaryl/α,β-unsaturated/α-hetero) is 2. The van der Waals surface area contributed by atoms with Gasteiger partial charge in [-0.3, -0.25) is 9.59 Å². The van der Waals surface area contributed by atoms with Crippen LogP contribution >= 0.6 is 0 Å². The third kappa shape index (κ3) is 15.0. The summed E-state index contributed by atoms with van der Waals surface area (Å²) in [4.78, 5) is 22.8. The van der Waals surface area contributed by atoms with Crippen molar-refractivity contribution in [3.63, 3.8) is 0 Å². The molecule has 0 N–H and O–H groups in total. The van der Waals surface area contributed by atoms with Crippen LogP contribution in [-0.4, -0.2) is 74.9 Å². The summed E-state index contributed by atoms with van der Waals surface area (Å²) < 4.78 is 20.2. The average molecular weight is 316 g/mol. The Balaban J connectivity index is 0.000000319. The predicted molar refractivity (Wildman–Crippen MR) is 77.9 cm³/mol. The molecule has 0 saturated carbocycles. The summed E-state index contributed by atoms with van der Waals surface area (Å²) in [5.74, 6) is -0.0898. The standard InChI is InChI=1S/C7H12O3.C4H8O2.C3H4N2O/c1-6(8)4-7-5-9-2-3-10-7;1-2-6-4-3-5-1;1-3(6)2-5-4/h7H,2-5H2,1H3;1-4H2;2H,1H3. The molecule has 2 aliphatic heterocycles. The van der Waals surface area contributed by atoms with Gasteiger partial charge < -0.3 is 24.5 Å². The van der Waals surface area contributed by atoms with E-state index in [4.69, 9.17) is 24.5 Å². The topological polar surface area (TPSA) is 107 Å². The van der Waals surface area contributed by atoms with Gasteiger partial charge in [0, 0.05) is 13.3 Å². The zero-order chi connectivity index (χ0) is 16.6. The van der Waals surface area contributed by atoms with E-state index in [0.717, 1.165) is 32.6 Å². The number of nitrogens with zero attached hydrogens (tertiary/aromatic N) is 2. The van der Waals surface area contributed by atoms with Crippen molar-refractivity contribution in [1.29, 1.82) is 0 Å². The van der Waals surface area contributed by atoms with Crippen LogP contribution in [0.15, 0.2) is 0 Å². The van der Waals surface area contributed by atoms with Crippen molar-refractivity contribution < 1.29 is 33.3 Å². The Morgan fingerprint density at radius 3 is 1.86 bits per heavy atom. The van der Waals surface area contributed by atoms with Crippen LogP contribution in [0.1, 0.15) is 20.3 Å². The molecule has 0 aromatic rings. The average Bonchev–Trinajstić information content (AvgIpc) is 2.50. The van der Waals surface area contributed by atoms with Crippen molar-refractivity contribution in [2.45, 2.75) is 26.4 Å². The fourth-order valence-corrected chi connectivity index (χ4v) is 1.50. The highest BCUT2D eigenvalue weighted by Gasteiger charge is 2.15. The van der Waals surface area contributed by atoms with Crippen LogP contribution in [0.5, 0.6) is 0 Å². The Bertz CT molecular complexity index is 347. The van der Waals surface area contributed by atoms with Gasteiger partial charge in [0.15, 0.2) is 0 Å². The highest BCUT2D eigenvalue weighted by atomic mass is 16.6. The third-order valence-electron chi connectivity index (χ3n) is 2.38. The van der Waals surface area contributed by atoms with Crippen molar-refractivity contribution in [2.75, 3.05) is 46.2 Å². The molecule has 0 radical (unpaired) electrons. The van der Waals surface area contributed by atoms with Crippen LogP contribution in [0.2, 0.25) is 0 Å². The molecule has 0 amide bonds. The summed E-state index contributed by atoms with van der Waals surface area (Å²) in [5.41, 5.74) is 7.59. The first-order chi connectivity index (χ1) is 10.6. The minimum absolute atomic E-state index is 0.00579. The van der Waals surface area contributed by atoms with E-state index in [0.29, 0.717) is 26.2 Å². The second-order valence-electron chi connectivity index (χ2n) is 4.55. The molecular weight excluding hydrogens is 292 g/mol. The lowest BCUT2D eigenvalue weighted by molar-refractivity contribution is -0.127. The number of ketones is 2. The Kier molecular flexibility index (Phi) is 13.5. The third-order valence-corrected chi connectivity index (χ3v) is 2.38. The molecule has 1 atom stereocenters. The maximum absolute atomic E-state index is 10.6. The lowest BCUT2D eigenvalue weighted by Crippen LogP contribution is -2.29. The molecule has 126 valence electrons. The van der Waals surface area contributed by atoms with E-state index in [1.807, 2.05) is 0 Å². The molecule has 2 saturated heterocycles. The molecule has 1 unspecified atom stereocenters. The molecule has 8 heteroatoms. The first-order valence-corrected chi connectivity index (χ1v) is 7.08. The van der Waals surface area contributed by atoms with E-state index in [1.165, 1.54) is 6.92 Å². The van der Waals surface area contributed by atoms with Gasteiger partial charge in [0.1, 0.15) is 5.78 Å². The predicted octanol–water partition coefficient (Wildman–Crippen LogP) is 0.290. The second-order valence-corrected chi connectivity index (χ2v) is 4.55. The van der Waals surface area contributed by atoms with Gasteiger partial charge in [0.05, 0.1) is 52.4 Å². The molecule has 8 nitrogen and oxygen atoms in total. The molecule has 2 aliphatic rings. The monoisotopic (exact) mass is 316 g/mol. The molecule has 2 heterocycles. The highest BCUT2D eigenvalue weighted by molar-refractivity contribution is 6.23. The fraction of sp³-hybridized carbons (Fsp3) is 0.786. The van der Waals surface area contributed by atoms with Crippen molar-refractivity contribution in [3.8, 4) is 0 Å². The fourth-order valence-electron chi connectivity index (χ4n) is 1.50. The van der Waals surface area contributed by atoms with Gasteiger partial charge in [0.2, 0.25) is 5.78 Å². The van der Waals surface area contributed by atoms with E-state index in [1.54, 1.807) is 6.92 Å². The van der Waals surface area contributed by atoms with Crippen molar-refractivity contribution in [2.24, 2.45) is 0 Å². The van der Waals surface area contributed by atoms with Gasteiger partial charge in [-0.05, 0) is 6.92 Å². The van der Waals surface area contributed by atoms with Crippen molar-refractivity contribution in [3.05, 3.63) is 5.53 Å². The SMILES string of the molecule is C1COCCO1.CC(=O)C=[N+]=[N-].CC(=O)CC1COCCO1. The van der Waals surface area contributed by atoms with Gasteiger partial charge in [-0.2, -0.15) is 4.79 Å². The van der Waals surface area contributed by atoms with Crippen LogP contribution < -0.4 is 0 Å². The summed E-state index contributed by atoms with van der Waals surface area (Å²) in [6.45, 7) is 7.84. The lowest BCUT2D eigenvalue weighted by Gasteiger charge is -2.21. The number of carbonyl (C=O) groups is 2. The number of rotatable bonds is 3. The molecule has 0 bridgehead atoms. The van der Waals surface area contributed by atoms with E-state index >= 15 is 0 Å². The molecule has 2 rings (SSSR count). The van der Waals surface area contributed by atoms with Gasteiger partial charge in [-0.25, -0.2) is 0 Å². The largest absolute Gasteiger partial charge is 0.377 e. The van der Waals surface area contributed by atoms with E-state index < -0.39 is 0 Å². The Labute approximate surface area is 130 Å². The van der Waals surface area contributed by atoms with E-state index in [9.17, 15) is 9.59 Å². The van der Waals surface area contributed by atoms with Gasteiger partial charge in [0.25, 0.3) is 0 Å². The van der Waals surface area contributed by atoms with E-state index in [2.05, 4.69) is 4.79 Å². The van der Waals surface area contributed by atoms with Crippen LogP contribution in [-0.2, 0) is 28.5 Å². The van der Waals surface area contributed by atoms with Crippen LogP contribution in [0, 0.1) is 0 Å². The normalized spacial score (nSPS) is 20.2. The number of hydrogen-bond donors (Lipinski definition) is 0. The van der Waals surface area contributed by atoms with E-state index in [-0.39, 0.29) is 17.7 Å². The smallest absolute Gasteiger partial charge is 0.322 e. The summed E-state index contributed by atoms with van der Waals surface area (Å²) >= 11 is 0. The van der Waals surface area contributed by atoms with Crippen molar-refractivity contribution >= 4 is 17.8 Å². The molecule has 0 aliphatic carbocycles. The van der Waals surface area contributed by atoms with Crippen LogP contribution in [0.25, 0.3) is 5.53 Å². The quantitative estimate of drug-likeness (QED) is 0.421. The molecule has 2 fully saturated rings. The van der Waals surface area contributed by atoms with Gasteiger partial charge >= 0.3 is 6.21 Å².